The number of hydrogen-bond acceptors (Lipinski definition) is 5. The number of halogens is 3. The highest BCUT2D eigenvalue weighted by Crippen LogP contribution is 2.37. The van der Waals surface area contributed by atoms with Crippen molar-refractivity contribution in [1.82, 2.24) is 0 Å². The van der Waals surface area contributed by atoms with E-state index >= 15 is 0 Å². The number of benzene rings is 1. The van der Waals surface area contributed by atoms with E-state index in [1.165, 1.54) is 12.1 Å². The van der Waals surface area contributed by atoms with Gasteiger partial charge in [0, 0.05) is 0 Å². The van der Waals surface area contributed by atoms with E-state index in [1.54, 1.807) is 6.92 Å². The highest BCUT2D eigenvalue weighted by atomic mass is 19.4. The highest BCUT2D eigenvalue weighted by Gasteiger charge is 2.34. The van der Waals surface area contributed by atoms with Gasteiger partial charge in [-0.05, 0) is 25.1 Å². The number of rotatable bonds is 5. The largest absolute Gasteiger partial charge is 0.493 e. The molecule has 1 aromatic rings. The molecule has 0 fully saturated rings. The lowest BCUT2D eigenvalue weighted by atomic mass is 10.1. The van der Waals surface area contributed by atoms with E-state index in [4.69, 9.17) is 21.1 Å². The summed E-state index contributed by atoms with van der Waals surface area (Å²) in [6.45, 7) is 1.67. The predicted octanol–water partition coefficient (Wildman–Crippen LogP) is 2.33. The van der Waals surface area contributed by atoms with Crippen molar-refractivity contribution in [2.24, 2.45) is 10.8 Å². The molecule has 0 amide bonds. The average Bonchev–Trinajstić information content (AvgIpc) is 2.39. The maximum absolute atomic E-state index is 12.9. The zero-order chi connectivity index (χ0) is 16.0. The van der Waals surface area contributed by atoms with Gasteiger partial charge in [0.1, 0.15) is 11.8 Å². The second kappa shape index (κ2) is 6.60. The molecule has 21 heavy (non-hydrogen) atoms. The fourth-order valence-electron chi connectivity index (χ4n) is 1.37. The summed E-state index contributed by atoms with van der Waals surface area (Å²) in [4.78, 5) is 0. The minimum absolute atomic E-state index is 0.0141. The van der Waals surface area contributed by atoms with Gasteiger partial charge < -0.3 is 10.5 Å². The molecule has 0 aliphatic carbocycles. The number of alkyl halides is 3. The number of nitriles is 1. The van der Waals surface area contributed by atoms with E-state index in [-0.39, 0.29) is 18.0 Å². The van der Waals surface area contributed by atoms with Crippen LogP contribution in [0.3, 0.4) is 0 Å². The third kappa shape index (κ3) is 4.38. The summed E-state index contributed by atoms with van der Waals surface area (Å²) in [5, 5.41) is 19.1. The van der Waals surface area contributed by atoms with E-state index in [0.717, 1.165) is 12.1 Å². The van der Waals surface area contributed by atoms with Crippen molar-refractivity contribution in [1.29, 1.82) is 10.7 Å². The second-order valence-electron chi connectivity index (χ2n) is 3.74. The normalized spacial score (nSPS) is 11.7. The predicted molar refractivity (Wildman–Crippen MR) is 71.2 cm³/mol. The molecule has 4 N–H and O–H groups in total. The van der Waals surface area contributed by atoms with Crippen LogP contribution >= 0.6 is 0 Å². The smallest absolute Gasteiger partial charge is 0.420 e. The topological polar surface area (TPSA) is 107 Å². The fourth-order valence-corrected chi connectivity index (χ4v) is 1.37. The van der Waals surface area contributed by atoms with Gasteiger partial charge in [-0.3, -0.25) is 10.8 Å². The van der Waals surface area contributed by atoms with E-state index in [1.807, 2.05) is 0 Å². The van der Waals surface area contributed by atoms with Crippen molar-refractivity contribution in [3.05, 3.63) is 23.8 Å². The molecule has 0 bridgehead atoms. The van der Waals surface area contributed by atoms with Crippen molar-refractivity contribution in [3.63, 3.8) is 0 Å². The van der Waals surface area contributed by atoms with Crippen LogP contribution in [0.5, 0.6) is 5.75 Å². The Morgan fingerprint density at radius 2 is 2.19 bits per heavy atom. The Balaban J connectivity index is 3.12. The third-order valence-electron chi connectivity index (χ3n) is 2.24. The molecule has 0 spiro atoms. The van der Waals surface area contributed by atoms with Crippen LogP contribution in [0.1, 0.15) is 12.5 Å². The molecule has 6 nitrogen and oxygen atoms in total. The van der Waals surface area contributed by atoms with Gasteiger partial charge >= 0.3 is 6.18 Å². The van der Waals surface area contributed by atoms with E-state index < -0.39 is 23.3 Å². The van der Waals surface area contributed by atoms with E-state index in [9.17, 15) is 13.2 Å². The molecule has 0 aromatic heterocycles. The molecule has 0 unspecified atom stereocenters. The maximum Gasteiger partial charge on any atom is 0.420 e. The fraction of sp³-hybridized carbons (Fsp3) is 0.250. The molecule has 0 heterocycles. The highest BCUT2D eigenvalue weighted by molar-refractivity contribution is 6.45. The first-order valence-electron chi connectivity index (χ1n) is 5.71. The van der Waals surface area contributed by atoms with Crippen LogP contribution in [0.4, 0.5) is 18.9 Å². The summed E-state index contributed by atoms with van der Waals surface area (Å²) in [5.74, 6) is -0.890. The van der Waals surface area contributed by atoms with Gasteiger partial charge in [-0.15, -0.1) is 0 Å². The van der Waals surface area contributed by atoms with Crippen molar-refractivity contribution in [2.75, 3.05) is 12.0 Å². The maximum atomic E-state index is 12.9. The van der Waals surface area contributed by atoms with Gasteiger partial charge in [-0.1, -0.05) is 0 Å². The Morgan fingerprint density at radius 1 is 1.52 bits per heavy atom. The second-order valence-corrected chi connectivity index (χ2v) is 3.74. The van der Waals surface area contributed by atoms with Crippen molar-refractivity contribution < 1.29 is 17.9 Å². The summed E-state index contributed by atoms with van der Waals surface area (Å²) < 4.78 is 43.6. The van der Waals surface area contributed by atoms with Crippen LogP contribution in [-0.2, 0) is 6.18 Å². The quantitative estimate of drug-likeness (QED) is 0.440. The molecule has 0 aliphatic heterocycles. The zero-order valence-electron chi connectivity index (χ0n) is 11.0. The molecule has 0 saturated heterocycles. The minimum Gasteiger partial charge on any atom is -0.493 e. The molecule has 1 aromatic carbocycles. The molecule has 1 rings (SSSR count). The monoisotopic (exact) mass is 299 g/mol. The molecule has 0 radical (unpaired) electrons. The van der Waals surface area contributed by atoms with Crippen molar-refractivity contribution in [3.8, 4) is 11.8 Å². The van der Waals surface area contributed by atoms with Gasteiger partial charge in [0.2, 0.25) is 5.71 Å². The van der Waals surface area contributed by atoms with Crippen molar-refractivity contribution in [2.45, 2.75) is 13.1 Å². The van der Waals surface area contributed by atoms with Crippen LogP contribution in [0, 0.1) is 16.7 Å². The van der Waals surface area contributed by atoms with Gasteiger partial charge in [0.25, 0.3) is 0 Å². The molecule has 0 atom stereocenters. The lowest BCUT2D eigenvalue weighted by Crippen LogP contribution is -2.21. The van der Waals surface area contributed by atoms with Crippen LogP contribution in [0.15, 0.2) is 23.3 Å². The number of hydrogen-bond donors (Lipinski definition) is 3. The Labute approximate surface area is 118 Å². The number of hydrazone groups is 1. The van der Waals surface area contributed by atoms with Gasteiger partial charge in [0.15, 0.2) is 5.84 Å². The standard InChI is InChI=1S/C12H12F3N5O/c1-2-21-10-4-3-7(5-8(10)12(13,14)15)19-20-9(6-16)11(17)18/h3-5,19H,2H2,1H3,(H3,17,18)/b20-9+. The number of nitrogens with zero attached hydrogens (tertiary/aromatic N) is 2. The molecule has 112 valence electrons. The zero-order valence-corrected chi connectivity index (χ0v) is 11.0. The van der Waals surface area contributed by atoms with Crippen LogP contribution in [-0.4, -0.2) is 18.2 Å². The average molecular weight is 299 g/mol. The summed E-state index contributed by atoms with van der Waals surface area (Å²) in [6, 6.07) is 4.78. The SMILES string of the molecule is CCOc1ccc(N/N=C(\C#N)C(=N)N)cc1C(F)(F)F. The molecule has 9 heteroatoms. The summed E-state index contributed by atoms with van der Waals surface area (Å²) in [7, 11) is 0. The lowest BCUT2D eigenvalue weighted by Gasteiger charge is -2.14. The number of anilines is 1. The molecular weight excluding hydrogens is 287 g/mol. The van der Waals surface area contributed by atoms with Gasteiger partial charge in [0.05, 0.1) is 17.9 Å². The number of amidine groups is 1. The van der Waals surface area contributed by atoms with Crippen LogP contribution in [0.25, 0.3) is 0 Å². The minimum atomic E-state index is -4.59. The van der Waals surface area contributed by atoms with E-state index in [2.05, 4.69) is 10.5 Å². The third-order valence-corrected chi connectivity index (χ3v) is 2.24. The summed E-state index contributed by atoms with van der Waals surface area (Å²) in [5.41, 5.74) is 5.90. The van der Waals surface area contributed by atoms with Gasteiger partial charge in [-0.25, -0.2) is 0 Å². The van der Waals surface area contributed by atoms with Crippen molar-refractivity contribution >= 4 is 17.2 Å². The number of nitrogens with two attached hydrogens (primary N) is 1. The lowest BCUT2D eigenvalue weighted by molar-refractivity contribution is -0.138. The number of ether oxygens (including phenoxy) is 1. The Hall–Kier alpha value is -2.76. The Kier molecular flexibility index (Phi) is 5.12. The Bertz CT molecular complexity index is 604. The first-order chi connectivity index (χ1) is 9.79. The first-order valence-corrected chi connectivity index (χ1v) is 5.71. The summed E-state index contributed by atoms with van der Waals surface area (Å²) >= 11 is 0. The van der Waals surface area contributed by atoms with E-state index in [0.29, 0.717) is 0 Å². The molecular formula is C12H12F3N5O. The molecule has 0 saturated carbocycles. The number of nitrogens with one attached hydrogen (secondary N) is 2. The first kappa shape index (κ1) is 16.3. The molecule has 0 aliphatic rings. The van der Waals surface area contributed by atoms with Gasteiger partial charge in [-0.2, -0.15) is 23.5 Å². The van der Waals surface area contributed by atoms with Crippen LogP contribution < -0.4 is 15.9 Å². The van der Waals surface area contributed by atoms with Crippen LogP contribution in [0.2, 0.25) is 0 Å². The Morgan fingerprint density at radius 3 is 2.67 bits per heavy atom. The summed E-state index contributed by atoms with van der Waals surface area (Å²) in [6.07, 6.45) is -4.59.